The smallest absolute Gasteiger partial charge is 0.327 e. The predicted molar refractivity (Wildman–Crippen MR) is 102 cm³/mol. The third-order valence-electron chi connectivity index (χ3n) is 4.25. The number of rotatable bonds is 7. The number of benzene rings is 2. The zero-order valence-corrected chi connectivity index (χ0v) is 15.6. The van der Waals surface area contributed by atoms with Crippen LogP contribution >= 0.6 is 0 Å². The molecule has 0 aliphatic rings. The highest BCUT2D eigenvalue weighted by Crippen LogP contribution is 2.14. The van der Waals surface area contributed by atoms with Crippen LogP contribution in [0.15, 0.2) is 54.6 Å². The lowest BCUT2D eigenvalue weighted by molar-refractivity contribution is -0.136. The third-order valence-corrected chi connectivity index (χ3v) is 4.25. The quantitative estimate of drug-likeness (QED) is 0.812. The molecule has 0 atom stereocenters. The van der Waals surface area contributed by atoms with Crippen molar-refractivity contribution in [3.05, 3.63) is 71.3 Å². The van der Waals surface area contributed by atoms with Gasteiger partial charge in [0.25, 0.3) is 5.91 Å². The van der Waals surface area contributed by atoms with Crippen molar-refractivity contribution in [3.63, 3.8) is 0 Å². The Bertz CT molecular complexity index is 784. The Morgan fingerprint density at radius 3 is 1.93 bits per heavy atom. The van der Waals surface area contributed by atoms with Crippen LogP contribution in [0.4, 0.5) is 4.79 Å². The summed E-state index contributed by atoms with van der Waals surface area (Å²) in [6, 6.07) is 15.3. The molecular formula is C21H24N2O4. The Morgan fingerprint density at radius 1 is 0.852 bits per heavy atom. The molecule has 1 N–H and O–H groups in total. The second-order valence-corrected chi connectivity index (χ2v) is 6.10. The second kappa shape index (κ2) is 9.52. The van der Waals surface area contributed by atoms with Crippen LogP contribution in [0.2, 0.25) is 0 Å². The maximum absolute atomic E-state index is 12.9. The molecule has 3 amide bonds. The van der Waals surface area contributed by atoms with Crippen LogP contribution in [0, 0.1) is 0 Å². The van der Waals surface area contributed by atoms with E-state index in [0.29, 0.717) is 24.2 Å². The zero-order valence-electron chi connectivity index (χ0n) is 15.6. The van der Waals surface area contributed by atoms with Gasteiger partial charge in [-0.15, -0.1) is 0 Å². The molecule has 0 heterocycles. The predicted octanol–water partition coefficient (Wildman–Crippen LogP) is 3.42. The van der Waals surface area contributed by atoms with Gasteiger partial charge >= 0.3 is 12.0 Å². The third kappa shape index (κ3) is 5.41. The molecule has 0 fully saturated rings. The van der Waals surface area contributed by atoms with Gasteiger partial charge in [-0.2, -0.15) is 0 Å². The lowest BCUT2D eigenvalue weighted by Gasteiger charge is -2.28. The molecule has 142 valence electrons. The molecule has 0 saturated carbocycles. The standard InChI is InChI=1S/C21H24N2O4/c1-3-22(4-2)21(27)23(20(26)18-8-6-5-7-9-18)15-17-12-10-16(11-13-17)14-19(24)25/h5-13H,3-4,14-15H2,1-2H3,(H,24,25). The van der Waals surface area contributed by atoms with Gasteiger partial charge in [-0.3, -0.25) is 14.5 Å². The molecule has 2 aromatic carbocycles. The van der Waals surface area contributed by atoms with E-state index in [-0.39, 0.29) is 24.9 Å². The van der Waals surface area contributed by atoms with Crippen LogP contribution < -0.4 is 0 Å². The summed E-state index contributed by atoms with van der Waals surface area (Å²) in [7, 11) is 0. The van der Waals surface area contributed by atoms with Crippen LogP contribution in [0.1, 0.15) is 35.3 Å². The summed E-state index contributed by atoms with van der Waals surface area (Å²) >= 11 is 0. The van der Waals surface area contributed by atoms with Gasteiger partial charge in [-0.1, -0.05) is 42.5 Å². The lowest BCUT2D eigenvalue weighted by atomic mass is 10.1. The Labute approximate surface area is 159 Å². The van der Waals surface area contributed by atoms with Gasteiger partial charge < -0.3 is 10.0 Å². The van der Waals surface area contributed by atoms with Crippen molar-refractivity contribution >= 4 is 17.9 Å². The molecule has 0 radical (unpaired) electrons. The van der Waals surface area contributed by atoms with E-state index in [0.717, 1.165) is 5.56 Å². The first-order valence-corrected chi connectivity index (χ1v) is 8.91. The monoisotopic (exact) mass is 368 g/mol. The number of hydrogen-bond donors (Lipinski definition) is 1. The normalized spacial score (nSPS) is 10.3. The van der Waals surface area contributed by atoms with Gasteiger partial charge in [-0.25, -0.2) is 4.79 Å². The van der Waals surface area contributed by atoms with Crippen LogP contribution in [-0.4, -0.2) is 45.9 Å². The van der Waals surface area contributed by atoms with Gasteiger partial charge in [0.05, 0.1) is 13.0 Å². The Morgan fingerprint density at radius 2 is 1.41 bits per heavy atom. The summed E-state index contributed by atoms with van der Waals surface area (Å²) in [4.78, 5) is 39.5. The molecular weight excluding hydrogens is 344 g/mol. The van der Waals surface area contributed by atoms with E-state index in [1.807, 2.05) is 19.9 Å². The molecule has 0 saturated heterocycles. The maximum Gasteiger partial charge on any atom is 0.327 e. The van der Waals surface area contributed by atoms with Crippen LogP contribution in [0.25, 0.3) is 0 Å². The molecule has 0 spiro atoms. The fourth-order valence-electron chi connectivity index (χ4n) is 2.75. The van der Waals surface area contributed by atoms with Crippen molar-refractivity contribution < 1.29 is 19.5 Å². The van der Waals surface area contributed by atoms with Gasteiger partial charge in [0.2, 0.25) is 0 Å². The first kappa shape index (κ1) is 20.2. The van der Waals surface area contributed by atoms with E-state index in [1.54, 1.807) is 53.4 Å². The second-order valence-electron chi connectivity index (χ2n) is 6.10. The summed E-state index contributed by atoms with van der Waals surface area (Å²) in [6.07, 6.45) is -0.0642. The molecule has 0 aliphatic carbocycles. The van der Waals surface area contributed by atoms with Crippen LogP contribution in [0.5, 0.6) is 0 Å². The minimum Gasteiger partial charge on any atom is -0.481 e. The van der Waals surface area contributed by atoms with Crippen LogP contribution in [0.3, 0.4) is 0 Å². The highest BCUT2D eigenvalue weighted by Gasteiger charge is 2.26. The number of amides is 3. The van der Waals surface area contributed by atoms with Gasteiger partial charge in [0.15, 0.2) is 0 Å². The number of imide groups is 1. The first-order chi connectivity index (χ1) is 13.0. The lowest BCUT2D eigenvalue weighted by Crippen LogP contribution is -2.45. The first-order valence-electron chi connectivity index (χ1n) is 8.91. The van der Waals surface area contributed by atoms with E-state index >= 15 is 0 Å². The van der Waals surface area contributed by atoms with E-state index in [4.69, 9.17) is 5.11 Å². The van der Waals surface area contributed by atoms with Gasteiger partial charge in [0, 0.05) is 18.7 Å². The number of nitrogens with zero attached hydrogens (tertiary/aromatic N) is 2. The van der Waals surface area contributed by atoms with Crippen molar-refractivity contribution in [2.24, 2.45) is 0 Å². The van der Waals surface area contributed by atoms with E-state index in [9.17, 15) is 14.4 Å². The van der Waals surface area contributed by atoms with Crippen molar-refractivity contribution in [3.8, 4) is 0 Å². The van der Waals surface area contributed by atoms with Gasteiger partial charge in [-0.05, 0) is 37.1 Å². The molecule has 0 bridgehead atoms. The number of carboxylic acid groups (broad SMARTS) is 1. The highest BCUT2D eigenvalue weighted by atomic mass is 16.4. The number of urea groups is 1. The summed E-state index contributed by atoms with van der Waals surface area (Å²) in [5.74, 6) is -1.26. The molecule has 6 heteroatoms. The highest BCUT2D eigenvalue weighted by molar-refractivity contribution is 6.04. The van der Waals surface area contributed by atoms with Crippen molar-refractivity contribution in [2.75, 3.05) is 13.1 Å². The zero-order chi connectivity index (χ0) is 19.8. The van der Waals surface area contributed by atoms with Crippen molar-refractivity contribution in [1.82, 2.24) is 9.80 Å². The largest absolute Gasteiger partial charge is 0.481 e. The average molecular weight is 368 g/mol. The SMILES string of the molecule is CCN(CC)C(=O)N(Cc1ccc(CC(=O)O)cc1)C(=O)c1ccccc1. The molecule has 2 aromatic rings. The van der Waals surface area contributed by atoms with E-state index in [1.165, 1.54) is 4.90 Å². The average Bonchev–Trinajstić information content (AvgIpc) is 2.68. The van der Waals surface area contributed by atoms with Crippen molar-refractivity contribution in [1.29, 1.82) is 0 Å². The van der Waals surface area contributed by atoms with Crippen molar-refractivity contribution in [2.45, 2.75) is 26.8 Å². The summed E-state index contributed by atoms with van der Waals surface area (Å²) < 4.78 is 0. The summed E-state index contributed by atoms with van der Waals surface area (Å²) in [5.41, 5.74) is 1.87. The molecule has 27 heavy (non-hydrogen) atoms. The minimum atomic E-state index is -0.902. The number of carboxylic acids is 1. The number of hydrogen-bond acceptors (Lipinski definition) is 3. The number of carbonyl (C=O) groups is 3. The minimum absolute atomic E-state index is 0.0642. The Kier molecular flexibility index (Phi) is 7.11. The maximum atomic E-state index is 12.9. The molecule has 0 aromatic heterocycles. The molecule has 0 unspecified atom stereocenters. The Balaban J connectivity index is 2.27. The fourth-order valence-corrected chi connectivity index (χ4v) is 2.75. The van der Waals surface area contributed by atoms with Crippen LogP contribution in [-0.2, 0) is 17.8 Å². The summed E-state index contributed by atoms with van der Waals surface area (Å²) in [6.45, 7) is 4.87. The Hall–Kier alpha value is -3.15. The van der Waals surface area contributed by atoms with Gasteiger partial charge in [0.1, 0.15) is 0 Å². The fraction of sp³-hybridized carbons (Fsp3) is 0.286. The number of carbonyl (C=O) groups excluding carboxylic acids is 2. The van der Waals surface area contributed by atoms with E-state index in [2.05, 4.69) is 0 Å². The number of aliphatic carboxylic acids is 1. The molecule has 2 rings (SSSR count). The van der Waals surface area contributed by atoms with E-state index < -0.39 is 5.97 Å². The molecule has 0 aliphatic heterocycles. The summed E-state index contributed by atoms with van der Waals surface area (Å²) in [5, 5.41) is 8.87. The topological polar surface area (TPSA) is 77.9 Å². The molecule has 6 nitrogen and oxygen atoms in total.